The van der Waals surface area contributed by atoms with Crippen LogP contribution in [-0.4, -0.2) is 65.6 Å². The predicted octanol–water partition coefficient (Wildman–Crippen LogP) is 2.03. The summed E-state index contributed by atoms with van der Waals surface area (Å²) in [4.78, 5) is 2.54. The summed E-state index contributed by atoms with van der Waals surface area (Å²) >= 11 is 0. The molecule has 2 heterocycles. The number of morpholine rings is 1. The average molecular weight is 387 g/mol. The molecule has 4 rings (SSSR count). The topological polar surface area (TPSA) is 74.5 Å². The number of ether oxygens (including phenoxy) is 3. The smallest absolute Gasteiger partial charge is 0.171 e. The highest BCUT2D eigenvalue weighted by molar-refractivity contribution is 5.42. The van der Waals surface area contributed by atoms with Gasteiger partial charge in [-0.2, -0.15) is 0 Å². The second kappa shape index (κ2) is 8.45. The van der Waals surface area contributed by atoms with E-state index in [1.54, 1.807) is 14.2 Å². The average Bonchev–Trinajstić information content (AvgIpc) is 3.42. The first-order valence-electron chi connectivity index (χ1n) is 10.1. The van der Waals surface area contributed by atoms with E-state index in [4.69, 9.17) is 14.2 Å². The quantitative estimate of drug-likeness (QED) is 0.720. The summed E-state index contributed by atoms with van der Waals surface area (Å²) in [6, 6.07) is 6.04. The molecule has 1 aromatic heterocycles. The van der Waals surface area contributed by atoms with E-state index in [1.807, 2.05) is 16.8 Å². The van der Waals surface area contributed by atoms with Crippen molar-refractivity contribution in [2.75, 3.05) is 40.5 Å². The molecular formula is C20H29N5O3. The molecule has 1 aliphatic heterocycles. The van der Waals surface area contributed by atoms with Gasteiger partial charge in [0.15, 0.2) is 17.3 Å². The number of hydrogen-bond donors (Lipinski definition) is 0. The molecule has 28 heavy (non-hydrogen) atoms. The number of methoxy groups -OCH3 is 2. The normalized spacial score (nSPS) is 19.6. The molecule has 0 unspecified atom stereocenters. The SMILES string of the molecule is COc1ccc(CCn2nnnc2C2(N3CCOCC3)CCCC2)cc1OC. The second-order valence-corrected chi connectivity index (χ2v) is 7.50. The van der Waals surface area contributed by atoms with E-state index in [-0.39, 0.29) is 5.54 Å². The number of aromatic nitrogens is 4. The Morgan fingerprint density at radius 3 is 2.54 bits per heavy atom. The van der Waals surface area contributed by atoms with Gasteiger partial charge in [0.2, 0.25) is 0 Å². The first-order chi connectivity index (χ1) is 13.8. The van der Waals surface area contributed by atoms with Crippen LogP contribution in [0.3, 0.4) is 0 Å². The lowest BCUT2D eigenvalue weighted by Gasteiger charge is -2.42. The molecule has 8 nitrogen and oxygen atoms in total. The maximum absolute atomic E-state index is 5.58. The lowest BCUT2D eigenvalue weighted by atomic mass is 9.93. The highest BCUT2D eigenvalue weighted by Crippen LogP contribution is 2.43. The van der Waals surface area contributed by atoms with Crippen molar-refractivity contribution < 1.29 is 14.2 Å². The molecule has 0 amide bonds. The summed E-state index contributed by atoms with van der Waals surface area (Å²) in [6.07, 6.45) is 5.50. The molecule has 152 valence electrons. The zero-order chi connectivity index (χ0) is 19.4. The Hall–Kier alpha value is -2.19. The summed E-state index contributed by atoms with van der Waals surface area (Å²) in [5.41, 5.74) is 1.12. The van der Waals surface area contributed by atoms with Crippen molar-refractivity contribution in [3.8, 4) is 11.5 Å². The molecule has 2 aliphatic rings. The van der Waals surface area contributed by atoms with E-state index in [1.165, 1.54) is 18.4 Å². The fraction of sp³-hybridized carbons (Fsp3) is 0.650. The van der Waals surface area contributed by atoms with Crippen LogP contribution >= 0.6 is 0 Å². The molecule has 0 bridgehead atoms. The van der Waals surface area contributed by atoms with Crippen LogP contribution in [0.25, 0.3) is 0 Å². The van der Waals surface area contributed by atoms with Gasteiger partial charge in [0, 0.05) is 19.6 Å². The zero-order valence-electron chi connectivity index (χ0n) is 16.8. The molecule has 1 saturated heterocycles. The van der Waals surface area contributed by atoms with E-state index >= 15 is 0 Å². The second-order valence-electron chi connectivity index (χ2n) is 7.50. The fourth-order valence-electron chi connectivity index (χ4n) is 4.59. The minimum atomic E-state index is -0.0507. The first kappa shape index (κ1) is 19.1. The molecule has 0 N–H and O–H groups in total. The van der Waals surface area contributed by atoms with Gasteiger partial charge >= 0.3 is 0 Å². The lowest BCUT2D eigenvalue weighted by molar-refractivity contribution is -0.0282. The summed E-state index contributed by atoms with van der Waals surface area (Å²) in [6.45, 7) is 4.21. The number of aryl methyl sites for hydroxylation is 2. The molecule has 0 radical (unpaired) electrons. The Morgan fingerprint density at radius 2 is 1.82 bits per heavy atom. The number of nitrogens with zero attached hydrogens (tertiary/aromatic N) is 5. The van der Waals surface area contributed by atoms with Crippen LogP contribution < -0.4 is 9.47 Å². The monoisotopic (exact) mass is 387 g/mol. The number of benzene rings is 1. The van der Waals surface area contributed by atoms with Crippen LogP contribution in [0.5, 0.6) is 11.5 Å². The maximum Gasteiger partial charge on any atom is 0.171 e. The maximum atomic E-state index is 5.58. The van der Waals surface area contributed by atoms with Gasteiger partial charge in [0.05, 0.1) is 33.0 Å². The van der Waals surface area contributed by atoms with Gasteiger partial charge in [-0.3, -0.25) is 4.90 Å². The minimum absolute atomic E-state index is 0.0507. The molecule has 8 heteroatoms. The van der Waals surface area contributed by atoms with E-state index < -0.39 is 0 Å². The largest absolute Gasteiger partial charge is 0.493 e. The summed E-state index contributed by atoms with van der Waals surface area (Å²) in [7, 11) is 3.31. The third-order valence-electron chi connectivity index (χ3n) is 6.06. The van der Waals surface area contributed by atoms with Crippen molar-refractivity contribution in [3.05, 3.63) is 29.6 Å². The van der Waals surface area contributed by atoms with Gasteiger partial charge < -0.3 is 14.2 Å². The molecule has 2 fully saturated rings. The Bertz CT molecular complexity index is 782. The van der Waals surface area contributed by atoms with Gasteiger partial charge in [-0.1, -0.05) is 18.9 Å². The van der Waals surface area contributed by atoms with Crippen molar-refractivity contribution in [3.63, 3.8) is 0 Å². The van der Waals surface area contributed by atoms with Crippen LogP contribution in [-0.2, 0) is 23.2 Å². The van der Waals surface area contributed by atoms with Gasteiger partial charge in [0.25, 0.3) is 0 Å². The van der Waals surface area contributed by atoms with Crippen molar-refractivity contribution >= 4 is 0 Å². The molecule has 2 aromatic rings. The Kier molecular flexibility index (Phi) is 5.77. The summed E-state index contributed by atoms with van der Waals surface area (Å²) in [5, 5.41) is 12.9. The Labute approximate surface area is 165 Å². The van der Waals surface area contributed by atoms with Gasteiger partial charge in [0.1, 0.15) is 0 Å². The summed E-state index contributed by atoms with van der Waals surface area (Å²) in [5.74, 6) is 2.50. The molecule has 0 spiro atoms. The molecular weight excluding hydrogens is 358 g/mol. The molecule has 1 saturated carbocycles. The van der Waals surface area contributed by atoms with Crippen molar-refractivity contribution in [1.29, 1.82) is 0 Å². The molecule has 0 atom stereocenters. The first-order valence-corrected chi connectivity index (χ1v) is 10.1. The van der Waals surface area contributed by atoms with Crippen molar-refractivity contribution in [2.45, 2.75) is 44.2 Å². The predicted molar refractivity (Wildman–Crippen MR) is 104 cm³/mol. The number of hydrogen-bond acceptors (Lipinski definition) is 7. The van der Waals surface area contributed by atoms with Crippen LogP contribution in [0.1, 0.15) is 37.1 Å². The van der Waals surface area contributed by atoms with Gasteiger partial charge in [-0.25, -0.2) is 4.68 Å². The van der Waals surface area contributed by atoms with E-state index in [0.29, 0.717) is 0 Å². The van der Waals surface area contributed by atoms with Crippen LogP contribution in [0.4, 0.5) is 0 Å². The van der Waals surface area contributed by atoms with Crippen molar-refractivity contribution in [2.24, 2.45) is 0 Å². The highest BCUT2D eigenvalue weighted by atomic mass is 16.5. The highest BCUT2D eigenvalue weighted by Gasteiger charge is 2.45. The van der Waals surface area contributed by atoms with Crippen molar-refractivity contribution in [1.82, 2.24) is 25.1 Å². The van der Waals surface area contributed by atoms with Gasteiger partial charge in [-0.15, -0.1) is 5.10 Å². The zero-order valence-corrected chi connectivity index (χ0v) is 16.8. The Balaban J connectivity index is 1.54. The number of rotatable bonds is 7. The standard InChI is InChI=1S/C20H29N5O3/c1-26-17-6-5-16(15-18(17)27-2)7-10-25-19(21-22-23-25)20(8-3-4-9-20)24-11-13-28-14-12-24/h5-6,15H,3-4,7-14H2,1-2H3. The number of tetrazole rings is 1. The van der Waals surface area contributed by atoms with Gasteiger partial charge in [-0.05, 0) is 47.4 Å². The third kappa shape index (κ3) is 3.58. The molecule has 1 aromatic carbocycles. The lowest BCUT2D eigenvalue weighted by Crippen LogP contribution is -2.51. The van der Waals surface area contributed by atoms with Crippen LogP contribution in [0, 0.1) is 0 Å². The summed E-state index contributed by atoms with van der Waals surface area (Å²) < 4.78 is 18.3. The van der Waals surface area contributed by atoms with E-state index in [9.17, 15) is 0 Å². The van der Waals surface area contributed by atoms with E-state index in [0.717, 1.165) is 69.4 Å². The molecule has 1 aliphatic carbocycles. The Morgan fingerprint density at radius 1 is 1.07 bits per heavy atom. The van der Waals surface area contributed by atoms with Crippen LogP contribution in [0.2, 0.25) is 0 Å². The third-order valence-corrected chi connectivity index (χ3v) is 6.06. The van der Waals surface area contributed by atoms with Crippen LogP contribution in [0.15, 0.2) is 18.2 Å². The fourth-order valence-corrected chi connectivity index (χ4v) is 4.59. The minimum Gasteiger partial charge on any atom is -0.493 e. The van der Waals surface area contributed by atoms with E-state index in [2.05, 4.69) is 26.5 Å².